The molecule has 0 radical (unpaired) electrons. The quantitative estimate of drug-likeness (QED) is 0.547. The molecule has 0 aliphatic heterocycles. The van der Waals surface area contributed by atoms with Crippen molar-refractivity contribution in [2.75, 3.05) is 25.5 Å². The maximum Gasteiger partial charge on any atom is 0.273 e. The first kappa shape index (κ1) is 19.9. The lowest BCUT2D eigenvalue weighted by atomic mass is 10.2. The molecule has 0 amide bonds. The number of nitro groups is 1. The zero-order chi connectivity index (χ0) is 19.5. The highest BCUT2D eigenvalue weighted by Gasteiger charge is 2.28. The van der Waals surface area contributed by atoms with E-state index in [4.69, 9.17) is 0 Å². The minimum atomic E-state index is -3.84. The Labute approximate surface area is 154 Å². The Morgan fingerprint density at radius 3 is 2.19 bits per heavy atom. The number of rotatable bonds is 7. The smallest absolute Gasteiger partial charge is 0.273 e. The fourth-order valence-corrected chi connectivity index (χ4v) is 4.37. The molecule has 8 heteroatoms. The van der Waals surface area contributed by atoms with E-state index in [0.29, 0.717) is 0 Å². The molecule has 0 atom stereocenters. The van der Waals surface area contributed by atoms with Crippen molar-refractivity contribution in [3.63, 3.8) is 0 Å². The second-order valence-electron chi connectivity index (χ2n) is 6.15. The average molecular weight is 377 g/mol. The number of nitro benzene ring substituents is 1. The number of sulfonamides is 1. The van der Waals surface area contributed by atoms with Crippen LogP contribution in [0.4, 0.5) is 11.4 Å². The molecule has 2 aromatic carbocycles. The fourth-order valence-electron chi connectivity index (χ4n) is 2.69. The van der Waals surface area contributed by atoms with E-state index in [9.17, 15) is 18.5 Å². The summed E-state index contributed by atoms with van der Waals surface area (Å²) in [5.74, 6) is 0. The van der Waals surface area contributed by atoms with Crippen molar-refractivity contribution in [2.45, 2.75) is 25.3 Å². The normalized spacial score (nSPS) is 11.6. The van der Waals surface area contributed by atoms with Crippen molar-refractivity contribution >= 4 is 21.4 Å². The van der Waals surface area contributed by atoms with Gasteiger partial charge in [0.25, 0.3) is 5.69 Å². The van der Waals surface area contributed by atoms with E-state index in [1.165, 1.54) is 29.4 Å². The van der Waals surface area contributed by atoms with Gasteiger partial charge in [-0.1, -0.05) is 25.1 Å². The Morgan fingerprint density at radius 2 is 1.69 bits per heavy atom. The van der Waals surface area contributed by atoms with Gasteiger partial charge in [-0.2, -0.15) is 4.31 Å². The zero-order valence-electron chi connectivity index (χ0n) is 15.3. The molecular weight excluding hydrogens is 354 g/mol. The first-order valence-electron chi connectivity index (χ1n) is 8.19. The van der Waals surface area contributed by atoms with Crippen LogP contribution in [0.15, 0.2) is 47.4 Å². The SMILES string of the molecule is CCN(Cc1ccc(N(C)C)cc1)S(=O)(=O)c1cccc([N+](=O)[O-])c1C. The molecule has 2 aromatic rings. The summed E-state index contributed by atoms with van der Waals surface area (Å²) in [6, 6.07) is 11.7. The summed E-state index contributed by atoms with van der Waals surface area (Å²) in [4.78, 5) is 12.5. The molecule has 0 bridgehead atoms. The van der Waals surface area contributed by atoms with Crippen molar-refractivity contribution in [1.29, 1.82) is 0 Å². The van der Waals surface area contributed by atoms with Gasteiger partial charge in [-0.3, -0.25) is 10.1 Å². The monoisotopic (exact) mass is 377 g/mol. The third-order valence-electron chi connectivity index (χ3n) is 4.23. The van der Waals surface area contributed by atoms with Crippen LogP contribution in [0.2, 0.25) is 0 Å². The van der Waals surface area contributed by atoms with Crippen LogP contribution in [0.25, 0.3) is 0 Å². The van der Waals surface area contributed by atoms with Gasteiger partial charge in [0.1, 0.15) is 0 Å². The van der Waals surface area contributed by atoms with Crippen LogP contribution < -0.4 is 4.90 Å². The maximum atomic E-state index is 13.0. The van der Waals surface area contributed by atoms with Crippen molar-refractivity contribution in [1.82, 2.24) is 4.31 Å². The van der Waals surface area contributed by atoms with Gasteiger partial charge >= 0.3 is 0 Å². The van der Waals surface area contributed by atoms with Crippen molar-refractivity contribution in [2.24, 2.45) is 0 Å². The largest absolute Gasteiger partial charge is 0.378 e. The molecule has 0 aliphatic carbocycles. The van der Waals surface area contributed by atoms with Gasteiger partial charge in [-0.25, -0.2) is 8.42 Å². The van der Waals surface area contributed by atoms with Gasteiger partial charge in [-0.15, -0.1) is 0 Å². The standard InChI is InChI=1S/C18H23N3O4S/c1-5-20(13-15-9-11-16(12-10-15)19(3)4)26(24,25)18-8-6-7-17(14(18)2)21(22)23/h6-12H,5,13H2,1-4H3. The Balaban J connectivity index is 2.37. The summed E-state index contributed by atoms with van der Waals surface area (Å²) >= 11 is 0. The second-order valence-corrected chi connectivity index (χ2v) is 8.06. The number of anilines is 1. The predicted molar refractivity (Wildman–Crippen MR) is 102 cm³/mol. The number of hydrogen-bond acceptors (Lipinski definition) is 5. The lowest BCUT2D eigenvalue weighted by Gasteiger charge is -2.22. The van der Waals surface area contributed by atoms with E-state index in [-0.39, 0.29) is 29.2 Å². The molecule has 0 aliphatic rings. The van der Waals surface area contributed by atoms with Gasteiger partial charge in [-0.05, 0) is 30.7 Å². The zero-order valence-corrected chi connectivity index (χ0v) is 16.2. The van der Waals surface area contributed by atoms with E-state index in [1.807, 2.05) is 43.3 Å². The van der Waals surface area contributed by atoms with E-state index in [2.05, 4.69) is 0 Å². The molecule has 26 heavy (non-hydrogen) atoms. The Bertz CT molecular complexity index is 893. The van der Waals surface area contributed by atoms with Crippen LogP contribution in [0.3, 0.4) is 0 Å². The van der Waals surface area contributed by atoms with Gasteiger partial charge in [0.2, 0.25) is 10.0 Å². The summed E-state index contributed by atoms with van der Waals surface area (Å²) in [6.07, 6.45) is 0. The van der Waals surface area contributed by atoms with Crippen LogP contribution in [-0.2, 0) is 16.6 Å². The molecule has 7 nitrogen and oxygen atoms in total. The Hall–Kier alpha value is -2.45. The van der Waals surface area contributed by atoms with Gasteiger partial charge in [0, 0.05) is 44.5 Å². The van der Waals surface area contributed by atoms with E-state index < -0.39 is 14.9 Å². The summed E-state index contributed by atoms with van der Waals surface area (Å²) < 4.78 is 27.4. The lowest BCUT2D eigenvalue weighted by molar-refractivity contribution is -0.385. The maximum absolute atomic E-state index is 13.0. The minimum Gasteiger partial charge on any atom is -0.378 e. The van der Waals surface area contributed by atoms with Crippen molar-refractivity contribution in [3.8, 4) is 0 Å². The third kappa shape index (κ3) is 4.03. The van der Waals surface area contributed by atoms with Crippen molar-refractivity contribution < 1.29 is 13.3 Å². The molecule has 0 aromatic heterocycles. The number of benzene rings is 2. The summed E-state index contributed by atoms with van der Waals surface area (Å²) in [6.45, 7) is 3.68. The number of nitrogens with zero attached hydrogens (tertiary/aromatic N) is 3. The molecule has 0 fully saturated rings. The summed E-state index contributed by atoms with van der Waals surface area (Å²) in [5.41, 5.74) is 1.83. The molecule has 0 spiro atoms. The van der Waals surface area contributed by atoms with Crippen molar-refractivity contribution in [3.05, 3.63) is 63.7 Å². The van der Waals surface area contributed by atoms with Crippen LogP contribution in [0, 0.1) is 17.0 Å². The molecule has 0 N–H and O–H groups in total. The summed E-state index contributed by atoms with van der Waals surface area (Å²) in [5, 5.41) is 11.1. The third-order valence-corrected chi connectivity index (χ3v) is 6.30. The first-order chi connectivity index (χ1) is 12.2. The second kappa shape index (κ2) is 7.84. The van der Waals surface area contributed by atoms with Gasteiger partial charge in [0.15, 0.2) is 0 Å². The topological polar surface area (TPSA) is 83.8 Å². The average Bonchev–Trinajstić information content (AvgIpc) is 2.59. The molecular formula is C18H23N3O4S. The molecule has 0 saturated heterocycles. The van der Waals surface area contributed by atoms with Crippen LogP contribution in [0.1, 0.15) is 18.1 Å². The van der Waals surface area contributed by atoms with Gasteiger partial charge < -0.3 is 4.90 Å². The lowest BCUT2D eigenvalue weighted by Crippen LogP contribution is -2.31. The minimum absolute atomic E-state index is 0.0292. The van der Waals surface area contributed by atoms with E-state index in [0.717, 1.165) is 11.3 Å². The molecule has 2 rings (SSSR count). The van der Waals surface area contributed by atoms with Crippen LogP contribution in [0.5, 0.6) is 0 Å². The Morgan fingerprint density at radius 1 is 1.08 bits per heavy atom. The Kier molecular flexibility index (Phi) is 5.99. The molecule has 0 saturated carbocycles. The molecule has 140 valence electrons. The highest BCUT2D eigenvalue weighted by atomic mass is 32.2. The summed E-state index contributed by atoms with van der Waals surface area (Å²) in [7, 11) is 0.0229. The highest BCUT2D eigenvalue weighted by Crippen LogP contribution is 2.28. The highest BCUT2D eigenvalue weighted by molar-refractivity contribution is 7.89. The molecule has 0 unspecified atom stereocenters. The van der Waals surface area contributed by atoms with E-state index in [1.54, 1.807) is 6.92 Å². The van der Waals surface area contributed by atoms with E-state index >= 15 is 0 Å². The first-order valence-corrected chi connectivity index (χ1v) is 9.63. The fraction of sp³-hybridized carbons (Fsp3) is 0.333. The number of hydrogen-bond donors (Lipinski definition) is 0. The molecule has 0 heterocycles. The predicted octanol–water partition coefficient (Wildman–Crippen LogP) is 3.18. The van der Waals surface area contributed by atoms with Gasteiger partial charge in [0.05, 0.1) is 9.82 Å². The van der Waals surface area contributed by atoms with Crippen LogP contribution >= 0.6 is 0 Å². The van der Waals surface area contributed by atoms with Crippen LogP contribution in [-0.4, -0.2) is 38.3 Å².